The van der Waals surface area contributed by atoms with E-state index in [0.717, 1.165) is 32.7 Å². The summed E-state index contributed by atoms with van der Waals surface area (Å²) in [5.74, 6) is -0.0541. The molecule has 0 saturated carbocycles. The molecule has 162 valence electrons. The van der Waals surface area contributed by atoms with Crippen LogP contribution in [0.25, 0.3) is 0 Å². The molecule has 0 unspecified atom stereocenters. The molecule has 32 heavy (non-hydrogen) atoms. The molecule has 3 aromatic rings. The van der Waals surface area contributed by atoms with Crippen molar-refractivity contribution in [1.29, 1.82) is 5.26 Å². The van der Waals surface area contributed by atoms with Crippen LogP contribution in [0.5, 0.6) is 0 Å². The van der Waals surface area contributed by atoms with Crippen molar-refractivity contribution < 1.29 is 4.79 Å². The number of carbonyl (C=O) groups excluding carboxylic acids is 1. The number of para-hydroxylation sites is 1. The standard InChI is InChI=1S/C27H28N4O/c28-21-24-13-7-8-14-25(24)29-26(32)15-16-30-17-19-31(20-18-30)27(22-9-3-1-4-10-22)23-11-5-2-6-12-23/h1-14,27H,15-20H2,(H,29,32). The molecular weight excluding hydrogens is 396 g/mol. The molecule has 0 bridgehead atoms. The topological polar surface area (TPSA) is 59.4 Å². The van der Waals surface area contributed by atoms with Gasteiger partial charge in [-0.05, 0) is 23.3 Å². The van der Waals surface area contributed by atoms with E-state index in [4.69, 9.17) is 0 Å². The maximum absolute atomic E-state index is 12.4. The smallest absolute Gasteiger partial charge is 0.225 e. The number of nitriles is 1. The molecule has 1 fully saturated rings. The Hall–Kier alpha value is -3.46. The van der Waals surface area contributed by atoms with Gasteiger partial charge in [0, 0.05) is 39.1 Å². The third-order valence-electron chi connectivity index (χ3n) is 5.98. The van der Waals surface area contributed by atoms with E-state index in [9.17, 15) is 10.1 Å². The Morgan fingerprint density at radius 2 is 1.41 bits per heavy atom. The van der Waals surface area contributed by atoms with Gasteiger partial charge in [-0.3, -0.25) is 9.69 Å². The molecule has 3 aromatic carbocycles. The second-order valence-corrected chi connectivity index (χ2v) is 8.06. The first kappa shape index (κ1) is 21.8. The lowest BCUT2D eigenvalue weighted by molar-refractivity contribution is -0.116. The van der Waals surface area contributed by atoms with E-state index in [1.807, 2.05) is 6.07 Å². The number of rotatable bonds is 7. The normalized spacial score (nSPS) is 14.8. The van der Waals surface area contributed by atoms with Gasteiger partial charge in [-0.1, -0.05) is 72.8 Å². The van der Waals surface area contributed by atoms with Crippen molar-refractivity contribution in [2.75, 3.05) is 38.0 Å². The quantitative estimate of drug-likeness (QED) is 0.615. The molecule has 0 aromatic heterocycles. The number of carbonyl (C=O) groups is 1. The molecule has 0 aliphatic carbocycles. The molecule has 0 radical (unpaired) electrons. The molecular formula is C27H28N4O. The first-order valence-electron chi connectivity index (χ1n) is 11.1. The lowest BCUT2D eigenvalue weighted by atomic mass is 9.96. The maximum Gasteiger partial charge on any atom is 0.225 e. The fraction of sp³-hybridized carbons (Fsp3) is 0.259. The highest BCUT2D eigenvalue weighted by atomic mass is 16.1. The molecule has 4 rings (SSSR count). The van der Waals surface area contributed by atoms with Crippen LogP contribution in [0.3, 0.4) is 0 Å². The van der Waals surface area contributed by atoms with E-state index in [1.54, 1.807) is 18.2 Å². The summed E-state index contributed by atoms with van der Waals surface area (Å²) in [6, 6.07) is 30.8. The van der Waals surface area contributed by atoms with Crippen molar-refractivity contribution in [1.82, 2.24) is 9.80 Å². The SMILES string of the molecule is N#Cc1ccccc1NC(=O)CCN1CCN(C(c2ccccc2)c2ccccc2)CC1. The van der Waals surface area contributed by atoms with E-state index >= 15 is 0 Å². The number of piperazine rings is 1. The van der Waals surface area contributed by atoms with Gasteiger partial charge < -0.3 is 10.2 Å². The predicted octanol–water partition coefficient (Wildman–Crippen LogP) is 4.29. The summed E-state index contributed by atoms with van der Waals surface area (Å²) >= 11 is 0. The Labute approximate surface area is 189 Å². The first-order chi connectivity index (χ1) is 15.7. The monoisotopic (exact) mass is 424 g/mol. The van der Waals surface area contributed by atoms with Gasteiger partial charge in [-0.2, -0.15) is 5.26 Å². The third kappa shape index (κ3) is 5.42. The van der Waals surface area contributed by atoms with Crippen LogP contribution in [0.15, 0.2) is 84.9 Å². The lowest BCUT2D eigenvalue weighted by Gasteiger charge is -2.39. The van der Waals surface area contributed by atoms with Gasteiger partial charge in [0.25, 0.3) is 0 Å². The van der Waals surface area contributed by atoms with Gasteiger partial charge in [-0.15, -0.1) is 0 Å². The first-order valence-corrected chi connectivity index (χ1v) is 11.1. The van der Waals surface area contributed by atoms with E-state index in [0.29, 0.717) is 17.7 Å². The summed E-state index contributed by atoms with van der Waals surface area (Å²) in [6.07, 6.45) is 0.417. The van der Waals surface area contributed by atoms with Gasteiger partial charge in [0.15, 0.2) is 0 Å². The number of hydrogen-bond acceptors (Lipinski definition) is 4. The molecule has 1 N–H and O–H groups in total. The van der Waals surface area contributed by atoms with Crippen molar-refractivity contribution >= 4 is 11.6 Å². The van der Waals surface area contributed by atoms with Crippen molar-refractivity contribution in [2.24, 2.45) is 0 Å². The van der Waals surface area contributed by atoms with Gasteiger partial charge >= 0.3 is 0 Å². The molecule has 1 saturated heterocycles. The van der Waals surface area contributed by atoms with Gasteiger partial charge in [0.05, 0.1) is 17.3 Å². The van der Waals surface area contributed by atoms with Crippen molar-refractivity contribution in [3.05, 3.63) is 102 Å². The Morgan fingerprint density at radius 3 is 2.00 bits per heavy atom. The number of hydrogen-bond donors (Lipinski definition) is 1. The molecule has 0 atom stereocenters. The summed E-state index contributed by atoms with van der Waals surface area (Å²) in [6.45, 7) is 4.48. The van der Waals surface area contributed by atoms with Crippen molar-refractivity contribution in [2.45, 2.75) is 12.5 Å². The molecule has 5 nitrogen and oxygen atoms in total. The number of nitrogens with one attached hydrogen (secondary N) is 1. The second-order valence-electron chi connectivity index (χ2n) is 8.06. The Kier molecular flexibility index (Phi) is 7.29. The molecule has 1 aliphatic rings. The summed E-state index contributed by atoms with van der Waals surface area (Å²) in [4.78, 5) is 17.3. The lowest BCUT2D eigenvalue weighted by Crippen LogP contribution is -2.48. The van der Waals surface area contributed by atoms with Gasteiger partial charge in [0.2, 0.25) is 5.91 Å². The van der Waals surface area contributed by atoms with Crippen LogP contribution < -0.4 is 5.32 Å². The zero-order chi connectivity index (χ0) is 22.2. The molecule has 1 amide bonds. The van der Waals surface area contributed by atoms with E-state index in [-0.39, 0.29) is 11.9 Å². The van der Waals surface area contributed by atoms with E-state index in [2.05, 4.69) is 81.8 Å². The second kappa shape index (κ2) is 10.7. The number of anilines is 1. The fourth-order valence-electron chi connectivity index (χ4n) is 4.29. The molecule has 1 heterocycles. The fourth-order valence-corrected chi connectivity index (χ4v) is 4.29. The van der Waals surface area contributed by atoms with Crippen LogP contribution in [-0.4, -0.2) is 48.4 Å². The maximum atomic E-state index is 12.4. The average Bonchev–Trinajstić information content (AvgIpc) is 2.85. The molecule has 0 spiro atoms. The van der Waals surface area contributed by atoms with E-state index < -0.39 is 0 Å². The summed E-state index contributed by atoms with van der Waals surface area (Å²) in [7, 11) is 0. The molecule has 5 heteroatoms. The Balaban J connectivity index is 1.33. The average molecular weight is 425 g/mol. The minimum Gasteiger partial charge on any atom is -0.325 e. The van der Waals surface area contributed by atoms with Crippen LogP contribution in [0.1, 0.15) is 29.2 Å². The highest BCUT2D eigenvalue weighted by Gasteiger charge is 2.26. The minimum absolute atomic E-state index is 0.0541. The molecule has 1 aliphatic heterocycles. The zero-order valence-corrected chi connectivity index (χ0v) is 18.2. The largest absolute Gasteiger partial charge is 0.325 e. The summed E-state index contributed by atoms with van der Waals surface area (Å²) < 4.78 is 0. The Bertz CT molecular complexity index is 1010. The summed E-state index contributed by atoms with van der Waals surface area (Å²) in [5, 5.41) is 12.1. The minimum atomic E-state index is -0.0541. The van der Waals surface area contributed by atoms with Crippen LogP contribution in [0.4, 0.5) is 5.69 Å². The van der Waals surface area contributed by atoms with Crippen molar-refractivity contribution in [3.63, 3.8) is 0 Å². The summed E-state index contributed by atoms with van der Waals surface area (Å²) in [5.41, 5.74) is 3.69. The highest BCUT2D eigenvalue weighted by Crippen LogP contribution is 2.29. The number of benzene rings is 3. The third-order valence-corrected chi connectivity index (χ3v) is 5.98. The number of nitrogens with zero attached hydrogens (tertiary/aromatic N) is 3. The Morgan fingerprint density at radius 1 is 0.844 bits per heavy atom. The van der Waals surface area contributed by atoms with Gasteiger partial charge in [0.1, 0.15) is 6.07 Å². The highest BCUT2D eigenvalue weighted by molar-refractivity contribution is 5.92. The number of amides is 1. The predicted molar refractivity (Wildman–Crippen MR) is 127 cm³/mol. The van der Waals surface area contributed by atoms with Crippen LogP contribution in [0, 0.1) is 11.3 Å². The van der Waals surface area contributed by atoms with Crippen LogP contribution in [-0.2, 0) is 4.79 Å². The van der Waals surface area contributed by atoms with Crippen molar-refractivity contribution in [3.8, 4) is 6.07 Å². The van der Waals surface area contributed by atoms with Crippen LogP contribution >= 0.6 is 0 Å². The zero-order valence-electron chi connectivity index (χ0n) is 18.2. The van der Waals surface area contributed by atoms with Crippen LogP contribution in [0.2, 0.25) is 0 Å². The van der Waals surface area contributed by atoms with Gasteiger partial charge in [-0.25, -0.2) is 0 Å². The van der Waals surface area contributed by atoms with E-state index in [1.165, 1.54) is 11.1 Å².